The van der Waals surface area contributed by atoms with E-state index in [0.29, 0.717) is 12.0 Å². The molecule has 0 unspecified atom stereocenters. The third-order valence-electron chi connectivity index (χ3n) is 7.44. The van der Waals surface area contributed by atoms with Crippen LogP contribution in [0, 0.1) is 5.82 Å². The summed E-state index contributed by atoms with van der Waals surface area (Å²) in [4.78, 5) is 13.8. The van der Waals surface area contributed by atoms with E-state index in [9.17, 15) is 14.3 Å². The molecule has 4 nitrogen and oxygen atoms in total. The molecule has 0 amide bonds. The van der Waals surface area contributed by atoms with Crippen LogP contribution in [-0.2, 0) is 13.2 Å². The molecular weight excluding hydrogens is 501 g/mol. The van der Waals surface area contributed by atoms with Crippen molar-refractivity contribution in [3.8, 4) is 16.9 Å². The standard InChI is InChI=1S/C35H38FNO3/c1-5-27(6-2)28-14-17-32(18-15-28)37(24(3)4)22-26-8-7-9-30(20-26)29-12-10-25(11-13-29)23-40-34-21-31(36)16-19-33(34)35(38)39/h7-21,24,27H,5-6,22-23H2,1-4H3,(H,38,39). The van der Waals surface area contributed by atoms with Crippen LogP contribution in [0.2, 0.25) is 0 Å². The van der Waals surface area contributed by atoms with Crippen molar-refractivity contribution < 1.29 is 19.0 Å². The lowest BCUT2D eigenvalue weighted by Crippen LogP contribution is -2.30. The maximum Gasteiger partial charge on any atom is 0.339 e. The maximum atomic E-state index is 13.6. The third kappa shape index (κ3) is 7.09. The van der Waals surface area contributed by atoms with Gasteiger partial charge in [-0.15, -0.1) is 0 Å². The molecule has 0 aliphatic rings. The van der Waals surface area contributed by atoms with E-state index in [4.69, 9.17) is 4.74 Å². The minimum absolute atomic E-state index is 0.0177. The molecule has 0 heterocycles. The lowest BCUT2D eigenvalue weighted by molar-refractivity contribution is 0.0691. The van der Waals surface area contributed by atoms with Gasteiger partial charge < -0.3 is 14.7 Å². The third-order valence-corrected chi connectivity index (χ3v) is 7.44. The highest BCUT2D eigenvalue weighted by Crippen LogP contribution is 2.29. The highest BCUT2D eigenvalue weighted by atomic mass is 19.1. The number of nitrogens with zero attached hydrogens (tertiary/aromatic N) is 1. The van der Waals surface area contributed by atoms with E-state index in [2.05, 4.69) is 81.1 Å². The van der Waals surface area contributed by atoms with E-state index >= 15 is 0 Å². The fourth-order valence-corrected chi connectivity index (χ4v) is 5.06. The lowest BCUT2D eigenvalue weighted by Gasteiger charge is -2.30. The van der Waals surface area contributed by atoms with Gasteiger partial charge in [-0.25, -0.2) is 9.18 Å². The number of carbonyl (C=O) groups is 1. The second-order valence-electron chi connectivity index (χ2n) is 10.5. The van der Waals surface area contributed by atoms with Crippen molar-refractivity contribution in [3.63, 3.8) is 0 Å². The number of halogens is 1. The van der Waals surface area contributed by atoms with Gasteiger partial charge in [-0.2, -0.15) is 0 Å². The van der Waals surface area contributed by atoms with E-state index < -0.39 is 11.8 Å². The monoisotopic (exact) mass is 539 g/mol. The number of carboxylic acids is 1. The summed E-state index contributed by atoms with van der Waals surface area (Å²) in [5.74, 6) is -1.06. The Hall–Kier alpha value is -4.12. The topological polar surface area (TPSA) is 49.8 Å². The minimum Gasteiger partial charge on any atom is -0.488 e. The van der Waals surface area contributed by atoms with Gasteiger partial charge in [0.05, 0.1) is 0 Å². The first kappa shape index (κ1) is 28.9. The van der Waals surface area contributed by atoms with Crippen LogP contribution in [0.25, 0.3) is 11.1 Å². The molecular formula is C35H38FNO3. The Morgan fingerprint density at radius 1 is 0.850 bits per heavy atom. The summed E-state index contributed by atoms with van der Waals surface area (Å²) < 4.78 is 19.3. The number of benzene rings is 4. The highest BCUT2D eigenvalue weighted by Gasteiger charge is 2.15. The zero-order valence-electron chi connectivity index (χ0n) is 23.7. The van der Waals surface area contributed by atoms with Crippen molar-refractivity contribution in [1.29, 1.82) is 0 Å². The predicted octanol–water partition coefficient (Wildman–Crippen LogP) is 9.09. The van der Waals surface area contributed by atoms with Crippen LogP contribution in [0.3, 0.4) is 0 Å². The minimum atomic E-state index is -1.15. The number of carboxylic acid groups (broad SMARTS) is 1. The predicted molar refractivity (Wildman–Crippen MR) is 161 cm³/mol. The van der Waals surface area contributed by atoms with Crippen LogP contribution in [0.5, 0.6) is 5.75 Å². The summed E-state index contributed by atoms with van der Waals surface area (Å²) in [6.07, 6.45) is 2.31. The zero-order chi connectivity index (χ0) is 28.6. The summed E-state index contributed by atoms with van der Waals surface area (Å²) in [5.41, 5.74) is 6.87. The maximum absolute atomic E-state index is 13.6. The molecule has 0 bridgehead atoms. The van der Waals surface area contributed by atoms with Gasteiger partial charge in [0.2, 0.25) is 0 Å². The number of anilines is 1. The fourth-order valence-electron chi connectivity index (χ4n) is 5.06. The summed E-state index contributed by atoms with van der Waals surface area (Å²) >= 11 is 0. The molecule has 0 saturated carbocycles. The van der Waals surface area contributed by atoms with E-state index in [0.717, 1.165) is 48.2 Å². The first-order valence-electron chi connectivity index (χ1n) is 14.0. The van der Waals surface area contributed by atoms with Gasteiger partial charge in [-0.05, 0) is 90.8 Å². The van der Waals surface area contributed by atoms with Gasteiger partial charge in [0.15, 0.2) is 0 Å². The summed E-state index contributed by atoms with van der Waals surface area (Å²) in [5, 5.41) is 9.33. The largest absolute Gasteiger partial charge is 0.488 e. The van der Waals surface area contributed by atoms with Crippen LogP contribution < -0.4 is 9.64 Å². The quantitative estimate of drug-likeness (QED) is 0.195. The Labute approximate surface area is 237 Å². The number of ether oxygens (including phenoxy) is 1. The molecule has 4 aromatic carbocycles. The number of rotatable bonds is 12. The van der Waals surface area contributed by atoms with E-state index in [1.807, 2.05) is 24.3 Å². The normalized spacial score (nSPS) is 11.2. The van der Waals surface area contributed by atoms with Gasteiger partial charge in [-0.1, -0.05) is 68.4 Å². The van der Waals surface area contributed by atoms with Crippen molar-refractivity contribution in [2.24, 2.45) is 0 Å². The van der Waals surface area contributed by atoms with Gasteiger partial charge in [0, 0.05) is 24.3 Å². The molecule has 0 saturated heterocycles. The van der Waals surface area contributed by atoms with Crippen LogP contribution in [0.15, 0.2) is 91.0 Å². The molecule has 1 N–H and O–H groups in total. The van der Waals surface area contributed by atoms with E-state index in [1.54, 1.807) is 0 Å². The Morgan fingerprint density at radius 2 is 1.55 bits per heavy atom. The molecule has 0 aromatic heterocycles. The summed E-state index contributed by atoms with van der Waals surface area (Å²) in [6, 6.07) is 29.4. The van der Waals surface area contributed by atoms with Crippen LogP contribution >= 0.6 is 0 Å². The van der Waals surface area contributed by atoms with Crippen molar-refractivity contribution in [2.45, 2.75) is 65.6 Å². The molecule has 0 radical (unpaired) electrons. The molecule has 208 valence electrons. The molecule has 0 atom stereocenters. The van der Waals surface area contributed by atoms with Crippen LogP contribution in [0.1, 0.15) is 73.5 Å². The van der Waals surface area contributed by atoms with E-state index in [1.165, 1.54) is 22.9 Å². The molecule has 0 aliphatic heterocycles. The average molecular weight is 540 g/mol. The second-order valence-corrected chi connectivity index (χ2v) is 10.5. The van der Waals surface area contributed by atoms with Crippen molar-refractivity contribution >= 4 is 11.7 Å². The van der Waals surface area contributed by atoms with Crippen molar-refractivity contribution in [3.05, 3.63) is 119 Å². The average Bonchev–Trinajstić information content (AvgIpc) is 2.96. The molecule has 40 heavy (non-hydrogen) atoms. The number of aromatic carboxylic acids is 1. The molecule has 4 rings (SSSR count). The van der Waals surface area contributed by atoms with Crippen LogP contribution in [0.4, 0.5) is 10.1 Å². The zero-order valence-corrected chi connectivity index (χ0v) is 23.7. The Kier molecular flexibility index (Phi) is 9.60. The fraction of sp³-hybridized carbons (Fsp3) is 0.286. The van der Waals surface area contributed by atoms with Gasteiger partial charge >= 0.3 is 5.97 Å². The first-order chi connectivity index (χ1) is 19.3. The lowest BCUT2D eigenvalue weighted by atomic mass is 9.94. The van der Waals surface area contributed by atoms with Gasteiger partial charge in [-0.3, -0.25) is 0 Å². The van der Waals surface area contributed by atoms with E-state index in [-0.39, 0.29) is 17.9 Å². The SMILES string of the molecule is CCC(CC)c1ccc(N(Cc2cccc(-c3ccc(COc4cc(F)ccc4C(=O)O)cc3)c2)C(C)C)cc1. The Balaban J connectivity index is 1.46. The Morgan fingerprint density at radius 3 is 2.17 bits per heavy atom. The van der Waals surface area contributed by atoms with Crippen molar-refractivity contribution in [1.82, 2.24) is 0 Å². The smallest absolute Gasteiger partial charge is 0.339 e. The molecule has 5 heteroatoms. The van der Waals surface area contributed by atoms with Gasteiger partial charge in [0.25, 0.3) is 0 Å². The summed E-state index contributed by atoms with van der Waals surface area (Å²) in [6.45, 7) is 9.90. The summed E-state index contributed by atoms with van der Waals surface area (Å²) in [7, 11) is 0. The molecule has 0 aliphatic carbocycles. The Bertz CT molecular complexity index is 1410. The van der Waals surface area contributed by atoms with Crippen LogP contribution in [-0.4, -0.2) is 17.1 Å². The molecule has 4 aromatic rings. The molecule has 0 spiro atoms. The molecule has 0 fully saturated rings. The van der Waals surface area contributed by atoms with Gasteiger partial charge in [0.1, 0.15) is 23.7 Å². The number of hydrogen-bond acceptors (Lipinski definition) is 3. The highest BCUT2D eigenvalue weighted by molar-refractivity contribution is 5.90. The number of hydrogen-bond donors (Lipinski definition) is 1. The van der Waals surface area contributed by atoms with Crippen molar-refractivity contribution in [2.75, 3.05) is 4.90 Å². The second kappa shape index (κ2) is 13.3. The first-order valence-corrected chi connectivity index (χ1v) is 14.0.